The molecule has 0 aliphatic rings. The van der Waals surface area contributed by atoms with Gasteiger partial charge in [-0.1, -0.05) is 0 Å². The van der Waals surface area contributed by atoms with Gasteiger partial charge in [0.1, 0.15) is 0 Å². The predicted octanol–water partition coefficient (Wildman–Crippen LogP) is -0.538. The fourth-order valence-electron chi connectivity index (χ4n) is 0. The van der Waals surface area contributed by atoms with Gasteiger partial charge in [0.05, 0.1) is 0 Å². The van der Waals surface area contributed by atoms with Gasteiger partial charge in [-0.3, -0.25) is 0 Å². The Kier molecular flexibility index (Phi) is 3200. The van der Waals surface area contributed by atoms with E-state index in [0.717, 1.165) is 0 Å². The van der Waals surface area contributed by atoms with Crippen molar-refractivity contribution in [2.45, 2.75) is 0 Å². The Morgan fingerprint density at radius 1 is 0.500 bits per heavy atom. The molecule has 0 aliphatic carbocycles. The number of rotatable bonds is 0. The van der Waals surface area contributed by atoms with Gasteiger partial charge in [-0.15, -0.1) is 0 Å². The van der Waals surface area contributed by atoms with Crippen LogP contribution >= 0.6 is 0 Å². The molecule has 0 aromatic rings. The van der Waals surface area contributed by atoms with Gasteiger partial charge in [0.25, 0.3) is 0 Å². The smallest absolute Gasteiger partial charge is 2.00 e. The summed E-state index contributed by atoms with van der Waals surface area (Å²) in [5, 5.41) is 0. The second kappa shape index (κ2) is 108. The van der Waals surface area contributed by atoms with Crippen molar-refractivity contribution in [2.75, 3.05) is 0 Å². The van der Waals surface area contributed by atoms with E-state index in [9.17, 15) is 0 Å². The van der Waals surface area contributed by atoms with Crippen LogP contribution in [-0.2, 0) is 59.9 Å². The van der Waals surface area contributed by atoms with E-state index in [1.165, 1.54) is 0 Å². The minimum atomic E-state index is 0. The van der Waals surface area contributed by atoms with Gasteiger partial charge >= 0.3 is 43.4 Å². The van der Waals surface area contributed by atoms with Gasteiger partial charge in [0.15, 0.2) is 0 Å². The molecule has 0 atom stereocenters. The maximum absolute atomic E-state index is 0. The maximum Gasteiger partial charge on any atom is 4.00 e. The monoisotopic (exact) mass is 161 g/mol. The van der Waals surface area contributed by atoms with Gasteiger partial charge in [0.2, 0.25) is 0 Å². The number of hydrogen-bond acceptors (Lipinski definition) is 1. The average Bonchev–Trinajstić information content (AvgIpc) is 0. The predicted molar refractivity (Wildman–Crippen MR) is 4.00 cm³/mol. The summed E-state index contributed by atoms with van der Waals surface area (Å²) in [7, 11) is 0. The molecule has 0 aliphatic heterocycles. The standard InChI is InChI=1S/H2O.3O.2Ti/h1H2;;;;;/q;3*-2;2*+4/p-1. The van der Waals surface area contributed by atoms with Crippen molar-refractivity contribution in [1.82, 2.24) is 0 Å². The zero-order chi connectivity index (χ0) is 0. The van der Waals surface area contributed by atoms with Gasteiger partial charge in [-0.05, 0) is 0 Å². The van der Waals surface area contributed by atoms with E-state index in [1.54, 1.807) is 0 Å². The molecule has 4 nitrogen and oxygen atoms in total. The molecule has 0 fully saturated rings. The van der Waals surface area contributed by atoms with Crippen LogP contribution in [0, 0.1) is 0 Å². The molecular weight excluding hydrogens is 160 g/mol. The summed E-state index contributed by atoms with van der Waals surface area (Å²) in [6.07, 6.45) is 0. The van der Waals surface area contributed by atoms with Crippen LogP contribution in [-0.4, -0.2) is 5.48 Å². The van der Waals surface area contributed by atoms with Crippen molar-refractivity contribution >= 4 is 0 Å². The molecule has 6 heteroatoms. The summed E-state index contributed by atoms with van der Waals surface area (Å²) >= 11 is 0. The Hall–Kier alpha value is 1.27. The van der Waals surface area contributed by atoms with Gasteiger partial charge < -0.3 is 21.9 Å². The van der Waals surface area contributed by atoms with Crippen LogP contribution in [0.25, 0.3) is 0 Å². The molecule has 0 aromatic heterocycles. The molecule has 1 N–H and O–H groups in total. The average molecular weight is 161 g/mol. The van der Waals surface area contributed by atoms with Crippen molar-refractivity contribution in [1.29, 1.82) is 0 Å². The molecular formula is HO4Ti2+. The largest absolute Gasteiger partial charge is 4.00 e. The van der Waals surface area contributed by atoms with Crippen LogP contribution in [0.2, 0.25) is 0 Å². The first-order valence-electron chi connectivity index (χ1n) is 0. The summed E-state index contributed by atoms with van der Waals surface area (Å²) in [5.74, 6) is 0. The van der Waals surface area contributed by atoms with Crippen molar-refractivity contribution in [3.8, 4) is 0 Å². The van der Waals surface area contributed by atoms with Crippen LogP contribution in [0.3, 0.4) is 0 Å². The zero-order valence-electron chi connectivity index (χ0n) is 2.67. The zero-order valence-corrected chi connectivity index (χ0v) is 5.80. The Morgan fingerprint density at radius 2 is 0.500 bits per heavy atom. The Balaban J connectivity index is 0. The number of hydrogen-bond donors (Lipinski definition) is 0. The third kappa shape index (κ3) is 59.7. The normalized spacial score (nSPS) is 0. The van der Waals surface area contributed by atoms with E-state index in [2.05, 4.69) is 0 Å². The summed E-state index contributed by atoms with van der Waals surface area (Å²) in [6.45, 7) is 0. The molecule has 6 heavy (non-hydrogen) atoms. The molecule has 0 rings (SSSR count). The summed E-state index contributed by atoms with van der Waals surface area (Å²) in [5.41, 5.74) is 0. The third-order valence-corrected chi connectivity index (χ3v) is 0. The Bertz CT molecular complexity index is 5.51. The Morgan fingerprint density at radius 3 is 0.500 bits per heavy atom. The van der Waals surface area contributed by atoms with Crippen LogP contribution in [0.5, 0.6) is 0 Å². The maximum atomic E-state index is 0. The molecule has 0 heterocycles. The van der Waals surface area contributed by atoms with E-state index in [0.29, 0.717) is 0 Å². The molecule has 0 radical (unpaired) electrons. The van der Waals surface area contributed by atoms with Gasteiger partial charge in [0, 0.05) is 0 Å². The Labute approximate surface area is 65.3 Å². The van der Waals surface area contributed by atoms with Crippen LogP contribution < -0.4 is 0 Å². The second-order valence-corrected chi connectivity index (χ2v) is 0. The molecule has 0 saturated heterocycles. The van der Waals surface area contributed by atoms with Gasteiger partial charge in [-0.2, -0.15) is 0 Å². The molecule has 0 amide bonds. The SMILES string of the molecule is [O-2].[O-2].[O-2].[OH-].[Ti+4].[Ti+4]. The van der Waals surface area contributed by atoms with E-state index in [1.807, 2.05) is 0 Å². The van der Waals surface area contributed by atoms with Crippen LogP contribution in [0.15, 0.2) is 0 Å². The van der Waals surface area contributed by atoms with Crippen molar-refractivity contribution in [2.24, 2.45) is 0 Å². The van der Waals surface area contributed by atoms with Crippen molar-refractivity contribution in [3.63, 3.8) is 0 Å². The fourth-order valence-corrected chi connectivity index (χ4v) is 0. The van der Waals surface area contributed by atoms with Crippen molar-refractivity contribution < 1.29 is 65.3 Å². The fraction of sp³-hybridized carbons (Fsp3) is 0. The summed E-state index contributed by atoms with van der Waals surface area (Å²) in [6, 6.07) is 0. The first-order chi connectivity index (χ1) is 0. The molecule has 0 unspecified atom stereocenters. The quantitative estimate of drug-likeness (QED) is 0.435. The topological polar surface area (TPSA) is 116 Å². The van der Waals surface area contributed by atoms with E-state index >= 15 is 0 Å². The summed E-state index contributed by atoms with van der Waals surface area (Å²) in [4.78, 5) is 0. The molecule has 0 spiro atoms. The van der Waals surface area contributed by atoms with Crippen molar-refractivity contribution in [3.05, 3.63) is 0 Å². The van der Waals surface area contributed by atoms with E-state index in [4.69, 9.17) is 0 Å². The first kappa shape index (κ1) is 177. The minimum absolute atomic E-state index is 0. The second-order valence-electron chi connectivity index (χ2n) is 0. The van der Waals surface area contributed by atoms with Crippen LogP contribution in [0.4, 0.5) is 0 Å². The first-order valence-corrected chi connectivity index (χ1v) is 0. The summed E-state index contributed by atoms with van der Waals surface area (Å²) < 4.78 is 0. The van der Waals surface area contributed by atoms with E-state index in [-0.39, 0.29) is 65.3 Å². The molecule has 0 bridgehead atoms. The molecule has 32 valence electrons. The third-order valence-electron chi connectivity index (χ3n) is 0. The van der Waals surface area contributed by atoms with Crippen LogP contribution in [0.1, 0.15) is 0 Å². The van der Waals surface area contributed by atoms with Gasteiger partial charge in [-0.25, -0.2) is 0 Å². The van der Waals surface area contributed by atoms with E-state index < -0.39 is 0 Å². The molecule has 0 saturated carbocycles. The minimum Gasteiger partial charge on any atom is -2.00 e. The molecule has 0 aromatic carbocycles.